The molecule has 0 fully saturated rings. The molecule has 0 aliphatic heterocycles. The smallest absolute Gasteiger partial charge is 0.287 e. The molecular formula is C8H13N3O4S. The van der Waals surface area contributed by atoms with Crippen molar-refractivity contribution in [2.75, 3.05) is 12.3 Å². The van der Waals surface area contributed by atoms with Gasteiger partial charge in [-0.15, -0.1) is 0 Å². The molecule has 5 N–H and O–H groups in total. The number of carbonyl (C=O) groups is 1. The minimum Gasteiger partial charge on any atom is -0.455 e. The summed E-state index contributed by atoms with van der Waals surface area (Å²) in [6, 6.07) is 3.04. The molecule has 1 aromatic heterocycles. The maximum Gasteiger partial charge on any atom is 0.287 e. The zero-order valence-electron chi connectivity index (χ0n) is 8.47. The van der Waals surface area contributed by atoms with Gasteiger partial charge in [0.25, 0.3) is 5.91 Å². The molecule has 0 unspecified atom stereocenters. The molecule has 0 saturated carbocycles. The van der Waals surface area contributed by atoms with E-state index in [4.69, 9.17) is 15.3 Å². The lowest BCUT2D eigenvalue weighted by atomic mass is 10.4. The summed E-state index contributed by atoms with van der Waals surface area (Å²) in [5.74, 6) is -0.238. The van der Waals surface area contributed by atoms with E-state index in [2.05, 4.69) is 5.32 Å². The SMILES string of the molecule is NCc1ccc(C(=O)NCCS(N)(=O)=O)o1. The zero-order valence-corrected chi connectivity index (χ0v) is 9.29. The summed E-state index contributed by atoms with van der Waals surface area (Å²) in [7, 11) is -3.57. The molecule has 16 heavy (non-hydrogen) atoms. The monoisotopic (exact) mass is 247 g/mol. The van der Waals surface area contributed by atoms with Gasteiger partial charge in [-0.1, -0.05) is 0 Å². The minimum atomic E-state index is -3.57. The fourth-order valence-corrected chi connectivity index (χ4v) is 1.39. The Morgan fingerprint density at radius 3 is 2.62 bits per heavy atom. The predicted octanol–water partition coefficient (Wildman–Crippen LogP) is -1.24. The van der Waals surface area contributed by atoms with Crippen molar-refractivity contribution >= 4 is 15.9 Å². The predicted molar refractivity (Wildman–Crippen MR) is 56.9 cm³/mol. The molecule has 8 heteroatoms. The topological polar surface area (TPSA) is 128 Å². The van der Waals surface area contributed by atoms with Crippen molar-refractivity contribution in [3.8, 4) is 0 Å². The van der Waals surface area contributed by atoms with Crippen LogP contribution in [0.1, 0.15) is 16.3 Å². The Labute approximate surface area is 92.8 Å². The second-order valence-corrected chi connectivity index (χ2v) is 4.83. The molecule has 0 aromatic carbocycles. The number of nitrogens with two attached hydrogens (primary N) is 2. The Hall–Kier alpha value is -1.38. The van der Waals surface area contributed by atoms with E-state index in [9.17, 15) is 13.2 Å². The molecule has 0 bridgehead atoms. The summed E-state index contributed by atoms with van der Waals surface area (Å²) in [6.45, 7) is 0.140. The van der Waals surface area contributed by atoms with Crippen molar-refractivity contribution in [1.82, 2.24) is 5.32 Å². The van der Waals surface area contributed by atoms with Crippen LogP contribution in [0.5, 0.6) is 0 Å². The van der Waals surface area contributed by atoms with Crippen LogP contribution in [0, 0.1) is 0 Å². The van der Waals surface area contributed by atoms with E-state index in [0.717, 1.165) is 0 Å². The van der Waals surface area contributed by atoms with Crippen molar-refractivity contribution in [3.05, 3.63) is 23.7 Å². The van der Waals surface area contributed by atoms with Crippen LogP contribution in [0.3, 0.4) is 0 Å². The van der Waals surface area contributed by atoms with Gasteiger partial charge in [-0.3, -0.25) is 4.79 Å². The van der Waals surface area contributed by atoms with Gasteiger partial charge >= 0.3 is 0 Å². The molecule has 1 rings (SSSR count). The largest absolute Gasteiger partial charge is 0.455 e. The van der Waals surface area contributed by atoms with Crippen LogP contribution >= 0.6 is 0 Å². The van der Waals surface area contributed by atoms with Crippen LogP contribution in [0.15, 0.2) is 16.5 Å². The van der Waals surface area contributed by atoms with E-state index >= 15 is 0 Å². The molecule has 7 nitrogen and oxygen atoms in total. The number of rotatable bonds is 5. The van der Waals surface area contributed by atoms with E-state index in [1.807, 2.05) is 0 Å². The quantitative estimate of drug-likeness (QED) is 0.599. The van der Waals surface area contributed by atoms with E-state index in [1.165, 1.54) is 6.07 Å². The summed E-state index contributed by atoms with van der Waals surface area (Å²) in [5.41, 5.74) is 5.30. The summed E-state index contributed by atoms with van der Waals surface area (Å²) in [4.78, 5) is 11.4. The highest BCUT2D eigenvalue weighted by molar-refractivity contribution is 7.89. The Morgan fingerprint density at radius 1 is 1.44 bits per heavy atom. The molecule has 1 aromatic rings. The number of sulfonamides is 1. The first-order valence-corrected chi connectivity index (χ1v) is 6.21. The van der Waals surface area contributed by atoms with Crippen LogP contribution in [0.25, 0.3) is 0 Å². The van der Waals surface area contributed by atoms with Gasteiger partial charge in [0, 0.05) is 6.54 Å². The lowest BCUT2D eigenvalue weighted by Crippen LogP contribution is -2.31. The zero-order chi connectivity index (χ0) is 12.2. The molecule has 0 radical (unpaired) electrons. The van der Waals surface area contributed by atoms with Crippen molar-refractivity contribution in [1.29, 1.82) is 0 Å². The van der Waals surface area contributed by atoms with E-state index in [0.29, 0.717) is 5.76 Å². The van der Waals surface area contributed by atoms with Crippen LogP contribution in [0.2, 0.25) is 0 Å². The maximum absolute atomic E-state index is 11.4. The summed E-state index contributed by atoms with van der Waals surface area (Å²) in [5, 5.41) is 7.13. The second-order valence-electron chi connectivity index (χ2n) is 3.09. The Kier molecular flexibility index (Phi) is 4.05. The van der Waals surface area contributed by atoms with Crippen LogP contribution in [-0.4, -0.2) is 26.6 Å². The van der Waals surface area contributed by atoms with Gasteiger partial charge < -0.3 is 15.5 Å². The third-order valence-corrected chi connectivity index (χ3v) is 2.53. The molecule has 0 spiro atoms. The van der Waals surface area contributed by atoms with Gasteiger partial charge in [-0.05, 0) is 12.1 Å². The second kappa shape index (κ2) is 5.10. The highest BCUT2D eigenvalue weighted by atomic mass is 32.2. The molecule has 1 amide bonds. The third kappa shape index (κ3) is 4.01. The van der Waals surface area contributed by atoms with Crippen LogP contribution in [0.4, 0.5) is 0 Å². The molecular weight excluding hydrogens is 234 g/mol. The molecule has 0 atom stereocenters. The first-order chi connectivity index (χ1) is 7.42. The highest BCUT2D eigenvalue weighted by Gasteiger charge is 2.11. The normalized spacial score (nSPS) is 11.4. The van der Waals surface area contributed by atoms with Gasteiger partial charge in [0.1, 0.15) is 5.76 Å². The maximum atomic E-state index is 11.4. The van der Waals surface area contributed by atoms with E-state index in [-0.39, 0.29) is 24.6 Å². The molecule has 90 valence electrons. The Balaban J connectivity index is 2.47. The Bertz CT molecular complexity index is 465. The van der Waals surface area contributed by atoms with Crippen molar-refractivity contribution in [2.45, 2.75) is 6.54 Å². The average Bonchev–Trinajstić information content (AvgIpc) is 2.63. The summed E-state index contributed by atoms with van der Waals surface area (Å²) < 4.78 is 26.2. The van der Waals surface area contributed by atoms with Crippen LogP contribution < -0.4 is 16.2 Å². The van der Waals surface area contributed by atoms with Gasteiger partial charge in [0.15, 0.2) is 5.76 Å². The highest BCUT2D eigenvalue weighted by Crippen LogP contribution is 2.06. The van der Waals surface area contributed by atoms with Crippen molar-refractivity contribution in [3.63, 3.8) is 0 Å². The summed E-state index contributed by atoms with van der Waals surface area (Å²) in [6.07, 6.45) is 0. The first kappa shape index (κ1) is 12.7. The van der Waals surface area contributed by atoms with Gasteiger partial charge in [0.2, 0.25) is 10.0 Å². The number of amides is 1. The first-order valence-electron chi connectivity index (χ1n) is 4.50. The molecule has 1 heterocycles. The number of primary sulfonamides is 1. The van der Waals surface area contributed by atoms with E-state index < -0.39 is 15.9 Å². The standard InChI is InChI=1S/C8H13N3O4S/c9-5-6-1-2-7(15-6)8(12)11-3-4-16(10,13)14/h1-2H,3-5,9H2,(H,11,12)(H2,10,13,14). The van der Waals surface area contributed by atoms with Gasteiger partial charge in [-0.25, -0.2) is 13.6 Å². The molecule has 0 aliphatic carbocycles. The molecule has 0 saturated heterocycles. The van der Waals surface area contributed by atoms with Gasteiger partial charge in [0.05, 0.1) is 12.3 Å². The number of carbonyl (C=O) groups excluding carboxylic acids is 1. The summed E-state index contributed by atoms with van der Waals surface area (Å²) >= 11 is 0. The number of nitrogens with one attached hydrogen (secondary N) is 1. The van der Waals surface area contributed by atoms with Crippen molar-refractivity contribution in [2.24, 2.45) is 10.9 Å². The lowest BCUT2D eigenvalue weighted by molar-refractivity contribution is 0.0927. The number of hydrogen-bond donors (Lipinski definition) is 3. The number of furan rings is 1. The number of hydrogen-bond acceptors (Lipinski definition) is 5. The van der Waals surface area contributed by atoms with Crippen LogP contribution in [-0.2, 0) is 16.6 Å². The van der Waals surface area contributed by atoms with Crippen molar-refractivity contribution < 1.29 is 17.6 Å². The molecule has 0 aliphatic rings. The Morgan fingerprint density at radius 2 is 2.12 bits per heavy atom. The third-order valence-electron chi connectivity index (χ3n) is 1.76. The van der Waals surface area contributed by atoms with Gasteiger partial charge in [-0.2, -0.15) is 0 Å². The average molecular weight is 247 g/mol. The minimum absolute atomic E-state index is 0.0592. The fraction of sp³-hybridized carbons (Fsp3) is 0.375. The lowest BCUT2D eigenvalue weighted by Gasteiger charge is -2.01. The van der Waals surface area contributed by atoms with E-state index in [1.54, 1.807) is 6.07 Å². The fourth-order valence-electron chi connectivity index (χ4n) is 1.00.